The first-order valence-electron chi connectivity index (χ1n) is 19.5. The van der Waals surface area contributed by atoms with E-state index < -0.39 is 17.4 Å². The normalized spacial score (nSPS) is 16.4. The van der Waals surface area contributed by atoms with Gasteiger partial charge in [0.05, 0.1) is 0 Å². The molecule has 7 heteroatoms. The molecular formula is C51H45NO6. The van der Waals surface area contributed by atoms with Crippen LogP contribution in [0.4, 0.5) is 17.1 Å². The summed E-state index contributed by atoms with van der Waals surface area (Å²) in [4.78, 5) is 2.27. The molecule has 0 bridgehead atoms. The third-order valence-corrected chi connectivity index (χ3v) is 9.92. The molecule has 0 radical (unpaired) electrons. The summed E-state index contributed by atoms with van der Waals surface area (Å²) < 4.78 is 35.7. The van der Waals surface area contributed by atoms with Crippen LogP contribution in [0.15, 0.2) is 127 Å². The van der Waals surface area contributed by atoms with Gasteiger partial charge in [-0.05, 0) is 94.5 Å². The summed E-state index contributed by atoms with van der Waals surface area (Å²) in [6.07, 6.45) is 12.6. The molecular weight excluding hydrogens is 723 g/mol. The molecule has 0 amide bonds. The Morgan fingerprint density at radius 2 is 0.707 bits per heavy atom. The van der Waals surface area contributed by atoms with Gasteiger partial charge in [-0.15, -0.1) is 0 Å². The van der Waals surface area contributed by atoms with Gasteiger partial charge in [0.25, 0.3) is 0 Å². The Kier molecular flexibility index (Phi) is 9.04. The molecule has 0 spiro atoms. The number of hydrogen-bond acceptors (Lipinski definition) is 7. The lowest BCUT2D eigenvalue weighted by atomic mass is 10.1. The van der Waals surface area contributed by atoms with Crippen LogP contribution in [0.2, 0.25) is 0 Å². The van der Waals surface area contributed by atoms with Crippen LogP contribution in [0.1, 0.15) is 74.9 Å². The number of nitrogens with zero attached hydrogens (tertiary/aromatic N) is 1. The molecule has 290 valence electrons. The molecule has 0 aliphatic carbocycles. The Hall–Kier alpha value is -6.86. The van der Waals surface area contributed by atoms with E-state index in [1.807, 2.05) is 96.1 Å². The smallest absolute Gasteiger partial charge is 0.246 e. The van der Waals surface area contributed by atoms with E-state index in [9.17, 15) is 0 Å². The van der Waals surface area contributed by atoms with Crippen LogP contribution in [0, 0.1) is 0 Å². The van der Waals surface area contributed by atoms with Crippen molar-refractivity contribution in [1.82, 2.24) is 0 Å². The van der Waals surface area contributed by atoms with Crippen molar-refractivity contribution in [3.05, 3.63) is 161 Å². The van der Waals surface area contributed by atoms with Crippen molar-refractivity contribution in [1.29, 1.82) is 0 Å². The Morgan fingerprint density at radius 3 is 1.17 bits per heavy atom. The summed E-state index contributed by atoms with van der Waals surface area (Å²) in [6.45, 7) is 11.5. The molecule has 0 fully saturated rings. The second-order valence-corrected chi connectivity index (χ2v) is 16.0. The molecule has 0 unspecified atom stereocenters. The van der Waals surface area contributed by atoms with E-state index in [0.29, 0.717) is 0 Å². The average Bonchev–Trinajstić information content (AvgIpc) is 3.82. The highest BCUT2D eigenvalue weighted by atomic mass is 16.7. The Morgan fingerprint density at radius 1 is 0.345 bits per heavy atom. The molecule has 6 aromatic rings. The SMILES string of the molecule is CC1(C)Oc2ccc(/C=C/c3ccc(N(c4ccc(/C=C/c5ccc6c(c5)OC(C)(C)O6)cc4)c4ccc(/C=C/c5cccc6c5OC(C)(C)O6)cc4)cc3)cc2O1. The van der Waals surface area contributed by atoms with E-state index in [-0.39, 0.29) is 0 Å². The van der Waals surface area contributed by atoms with Crippen molar-refractivity contribution in [2.24, 2.45) is 0 Å². The molecule has 0 saturated carbocycles. The highest BCUT2D eigenvalue weighted by Crippen LogP contribution is 2.44. The molecule has 3 heterocycles. The lowest BCUT2D eigenvalue weighted by Gasteiger charge is -2.26. The van der Waals surface area contributed by atoms with Gasteiger partial charge in [-0.1, -0.05) is 97.1 Å². The van der Waals surface area contributed by atoms with E-state index in [4.69, 9.17) is 28.4 Å². The number of benzene rings is 6. The summed E-state index contributed by atoms with van der Waals surface area (Å²) in [5, 5.41) is 0. The predicted octanol–water partition coefficient (Wildman–Crippen LogP) is 13.2. The second-order valence-electron chi connectivity index (χ2n) is 16.0. The number of hydrogen-bond donors (Lipinski definition) is 0. The van der Waals surface area contributed by atoms with Gasteiger partial charge in [-0.3, -0.25) is 0 Å². The second kappa shape index (κ2) is 14.3. The Balaban J connectivity index is 0.971. The molecule has 0 atom stereocenters. The van der Waals surface area contributed by atoms with Crippen molar-refractivity contribution in [2.45, 2.75) is 58.9 Å². The van der Waals surface area contributed by atoms with Gasteiger partial charge in [0.15, 0.2) is 34.5 Å². The van der Waals surface area contributed by atoms with Crippen LogP contribution >= 0.6 is 0 Å². The van der Waals surface area contributed by atoms with E-state index in [1.165, 1.54) is 0 Å². The van der Waals surface area contributed by atoms with Crippen LogP contribution in [0.5, 0.6) is 34.5 Å². The van der Waals surface area contributed by atoms with Crippen LogP contribution in [-0.2, 0) is 0 Å². The minimum absolute atomic E-state index is 0.655. The van der Waals surface area contributed by atoms with Gasteiger partial charge in [0.2, 0.25) is 17.4 Å². The van der Waals surface area contributed by atoms with Crippen molar-refractivity contribution >= 4 is 53.5 Å². The molecule has 9 rings (SSSR count). The van der Waals surface area contributed by atoms with E-state index in [0.717, 1.165) is 84.9 Å². The Labute approximate surface area is 340 Å². The summed E-state index contributed by atoms with van der Waals surface area (Å²) in [5.41, 5.74) is 9.40. The monoisotopic (exact) mass is 767 g/mol. The van der Waals surface area contributed by atoms with Crippen molar-refractivity contribution in [3.63, 3.8) is 0 Å². The number of ether oxygens (including phenoxy) is 6. The third-order valence-electron chi connectivity index (χ3n) is 9.92. The third kappa shape index (κ3) is 7.89. The number of rotatable bonds is 9. The van der Waals surface area contributed by atoms with E-state index in [2.05, 4.69) is 114 Å². The van der Waals surface area contributed by atoms with E-state index >= 15 is 0 Å². The summed E-state index contributed by atoms with van der Waals surface area (Å²) >= 11 is 0. The lowest BCUT2D eigenvalue weighted by molar-refractivity contribution is -0.0438. The fraction of sp³-hybridized carbons (Fsp3) is 0.176. The van der Waals surface area contributed by atoms with Crippen LogP contribution in [0.3, 0.4) is 0 Å². The molecule has 6 aromatic carbocycles. The molecule has 0 saturated heterocycles. The van der Waals surface area contributed by atoms with E-state index in [1.54, 1.807) is 0 Å². The van der Waals surface area contributed by atoms with Gasteiger partial charge >= 0.3 is 0 Å². The predicted molar refractivity (Wildman–Crippen MR) is 233 cm³/mol. The van der Waals surface area contributed by atoms with Gasteiger partial charge in [0, 0.05) is 64.2 Å². The highest BCUT2D eigenvalue weighted by Gasteiger charge is 2.34. The summed E-state index contributed by atoms with van der Waals surface area (Å²) in [7, 11) is 0. The van der Waals surface area contributed by atoms with Gasteiger partial charge in [0.1, 0.15) is 0 Å². The van der Waals surface area contributed by atoms with Crippen LogP contribution in [-0.4, -0.2) is 17.4 Å². The van der Waals surface area contributed by atoms with Gasteiger partial charge in [-0.2, -0.15) is 0 Å². The van der Waals surface area contributed by atoms with Crippen molar-refractivity contribution in [2.75, 3.05) is 4.90 Å². The summed E-state index contributed by atoms with van der Waals surface area (Å²) in [6, 6.07) is 43.8. The first-order chi connectivity index (χ1) is 27.8. The minimum Gasteiger partial charge on any atom is -0.449 e. The zero-order chi connectivity index (χ0) is 40.1. The molecule has 0 aromatic heterocycles. The van der Waals surface area contributed by atoms with Gasteiger partial charge in [-0.25, -0.2) is 0 Å². The summed E-state index contributed by atoms with van der Waals surface area (Å²) in [5.74, 6) is 2.58. The average molecular weight is 768 g/mol. The number of anilines is 3. The maximum atomic E-state index is 6.09. The molecule has 3 aliphatic heterocycles. The topological polar surface area (TPSA) is 58.6 Å². The number of para-hydroxylation sites is 1. The van der Waals surface area contributed by atoms with Crippen LogP contribution in [0.25, 0.3) is 36.5 Å². The fourth-order valence-corrected chi connectivity index (χ4v) is 7.29. The standard InChI is InChI=1S/C51H45NO6/c1-49(2)53-43-30-21-37(32-46(43)56-49)12-10-34-15-24-40(25-16-34)52(41-26-17-35(18-27-41)11-13-38-22-31-44-47(33-38)57-50(3,4)54-44)42-28-19-36(20-29-42)14-23-39-8-7-9-45-48(39)58-51(5,6)55-45/h7-33H,1-6H3/b12-10+,13-11+,23-14+. The lowest BCUT2D eigenvalue weighted by Crippen LogP contribution is -2.29. The zero-order valence-corrected chi connectivity index (χ0v) is 33.5. The first kappa shape index (κ1) is 36.8. The Bertz CT molecular complexity index is 2460. The molecule has 58 heavy (non-hydrogen) atoms. The maximum absolute atomic E-state index is 6.09. The maximum Gasteiger partial charge on any atom is 0.246 e. The van der Waals surface area contributed by atoms with Gasteiger partial charge < -0.3 is 33.3 Å². The quantitative estimate of drug-likeness (QED) is 0.136. The van der Waals surface area contributed by atoms with Crippen molar-refractivity contribution in [3.8, 4) is 34.5 Å². The minimum atomic E-state index is -0.685. The largest absolute Gasteiger partial charge is 0.449 e. The highest BCUT2D eigenvalue weighted by molar-refractivity contribution is 5.81. The van der Waals surface area contributed by atoms with Crippen molar-refractivity contribution < 1.29 is 28.4 Å². The molecule has 7 nitrogen and oxygen atoms in total. The molecule has 0 N–H and O–H groups in total. The first-order valence-corrected chi connectivity index (χ1v) is 19.5. The number of fused-ring (bicyclic) bond motifs is 3. The fourth-order valence-electron chi connectivity index (χ4n) is 7.29. The van der Waals surface area contributed by atoms with Crippen LogP contribution < -0.4 is 33.3 Å². The zero-order valence-electron chi connectivity index (χ0n) is 33.5. The molecule has 3 aliphatic rings.